The van der Waals surface area contributed by atoms with Crippen molar-refractivity contribution in [2.75, 3.05) is 13.1 Å². The average Bonchev–Trinajstić information content (AvgIpc) is 3.24. The molecule has 0 spiro atoms. The summed E-state index contributed by atoms with van der Waals surface area (Å²) in [6.07, 6.45) is 4.28. The van der Waals surface area contributed by atoms with E-state index in [0.29, 0.717) is 6.54 Å². The van der Waals surface area contributed by atoms with Crippen LogP contribution in [-0.4, -0.2) is 33.3 Å². The second-order valence-corrected chi connectivity index (χ2v) is 5.52. The Labute approximate surface area is 127 Å². The highest BCUT2D eigenvalue weighted by atomic mass is 15.1. The van der Waals surface area contributed by atoms with E-state index in [9.17, 15) is 5.26 Å². The minimum Gasteiger partial charge on any atom is -0.315 e. The summed E-state index contributed by atoms with van der Waals surface area (Å²) in [4.78, 5) is 9.01. The van der Waals surface area contributed by atoms with E-state index in [0.717, 1.165) is 41.0 Å². The fraction of sp³-hybridized carbons (Fsp3) is 0.250. The van der Waals surface area contributed by atoms with Gasteiger partial charge in [0.2, 0.25) is 0 Å². The van der Waals surface area contributed by atoms with Crippen LogP contribution in [0.1, 0.15) is 12.1 Å². The Morgan fingerprint density at radius 2 is 2.23 bits per heavy atom. The van der Waals surface area contributed by atoms with Crippen molar-refractivity contribution >= 4 is 11.0 Å². The maximum absolute atomic E-state index is 9.62. The van der Waals surface area contributed by atoms with E-state index in [-0.39, 0.29) is 0 Å². The Kier molecular flexibility index (Phi) is 2.88. The molecule has 4 rings (SSSR count). The molecule has 1 atom stereocenters. The summed E-state index contributed by atoms with van der Waals surface area (Å²) in [6, 6.07) is 10.2. The zero-order chi connectivity index (χ0) is 15.0. The minimum absolute atomic E-state index is 0.529. The van der Waals surface area contributed by atoms with Crippen LogP contribution < -0.4 is 5.32 Å². The van der Waals surface area contributed by atoms with Gasteiger partial charge in [-0.3, -0.25) is 10.1 Å². The van der Waals surface area contributed by atoms with Gasteiger partial charge in [-0.2, -0.15) is 10.4 Å². The van der Waals surface area contributed by atoms with E-state index in [1.165, 1.54) is 0 Å². The lowest BCUT2D eigenvalue weighted by atomic mass is 9.84. The first-order valence-electron chi connectivity index (χ1n) is 7.20. The predicted octanol–water partition coefficient (Wildman–Crippen LogP) is 1.77. The van der Waals surface area contributed by atoms with Crippen LogP contribution in [0, 0.1) is 11.3 Å². The lowest BCUT2D eigenvalue weighted by Gasteiger charge is -2.19. The SMILES string of the molecule is N#CC1(c2cccc(-c3ccnc4[nH]ncc34)n2)CCNC1. The number of pyridine rings is 2. The number of rotatable bonds is 2. The third kappa shape index (κ3) is 1.87. The monoisotopic (exact) mass is 290 g/mol. The molecule has 1 fully saturated rings. The number of nitrogens with one attached hydrogen (secondary N) is 2. The normalized spacial score (nSPS) is 21.0. The highest BCUT2D eigenvalue weighted by Crippen LogP contribution is 2.31. The van der Waals surface area contributed by atoms with Crippen LogP contribution in [-0.2, 0) is 5.41 Å². The largest absolute Gasteiger partial charge is 0.315 e. The summed E-state index contributed by atoms with van der Waals surface area (Å²) < 4.78 is 0. The molecule has 6 heteroatoms. The van der Waals surface area contributed by atoms with Crippen LogP contribution in [0.5, 0.6) is 0 Å². The molecule has 108 valence electrons. The summed E-state index contributed by atoms with van der Waals surface area (Å²) >= 11 is 0. The Morgan fingerprint density at radius 1 is 1.27 bits per heavy atom. The molecule has 22 heavy (non-hydrogen) atoms. The van der Waals surface area contributed by atoms with Gasteiger partial charge in [0.1, 0.15) is 5.41 Å². The maximum Gasteiger partial charge on any atom is 0.155 e. The van der Waals surface area contributed by atoms with Gasteiger partial charge in [0, 0.05) is 23.7 Å². The maximum atomic E-state index is 9.62. The standard InChI is InChI=1S/C16H14N6/c17-9-16(5-7-18-10-16)14-3-1-2-13(21-14)11-4-6-19-15-12(11)8-20-22-15/h1-4,6,8,18H,5,7,10H2,(H,19,20,22). The van der Waals surface area contributed by atoms with Crippen LogP contribution in [0.4, 0.5) is 0 Å². The number of hydrogen-bond acceptors (Lipinski definition) is 5. The number of hydrogen-bond donors (Lipinski definition) is 2. The van der Waals surface area contributed by atoms with Crippen molar-refractivity contribution in [1.82, 2.24) is 25.5 Å². The average molecular weight is 290 g/mol. The smallest absolute Gasteiger partial charge is 0.155 e. The van der Waals surface area contributed by atoms with E-state index in [2.05, 4.69) is 26.6 Å². The molecule has 0 aliphatic carbocycles. The van der Waals surface area contributed by atoms with Gasteiger partial charge in [-0.15, -0.1) is 0 Å². The van der Waals surface area contributed by atoms with Crippen molar-refractivity contribution in [3.05, 3.63) is 42.4 Å². The minimum atomic E-state index is -0.529. The third-order valence-corrected chi connectivity index (χ3v) is 4.24. The summed E-state index contributed by atoms with van der Waals surface area (Å²) in [5.41, 5.74) is 2.85. The molecule has 2 N–H and O–H groups in total. The van der Waals surface area contributed by atoms with Gasteiger partial charge in [-0.25, -0.2) is 4.98 Å². The number of H-pyrrole nitrogens is 1. The van der Waals surface area contributed by atoms with E-state index in [1.54, 1.807) is 12.4 Å². The van der Waals surface area contributed by atoms with Gasteiger partial charge < -0.3 is 5.32 Å². The van der Waals surface area contributed by atoms with E-state index >= 15 is 0 Å². The number of aromatic nitrogens is 4. The zero-order valence-electron chi connectivity index (χ0n) is 11.9. The van der Waals surface area contributed by atoms with Gasteiger partial charge in [0.15, 0.2) is 5.65 Å². The topological polar surface area (TPSA) is 90.3 Å². The molecule has 0 amide bonds. The second kappa shape index (κ2) is 4.90. The van der Waals surface area contributed by atoms with E-state index in [1.807, 2.05) is 24.3 Å². The first-order chi connectivity index (χ1) is 10.8. The number of nitrogens with zero attached hydrogens (tertiary/aromatic N) is 4. The molecular formula is C16H14N6. The fourth-order valence-corrected chi connectivity index (χ4v) is 2.99. The molecule has 1 saturated heterocycles. The van der Waals surface area contributed by atoms with Gasteiger partial charge >= 0.3 is 0 Å². The number of fused-ring (bicyclic) bond motifs is 1. The molecule has 0 bridgehead atoms. The fourth-order valence-electron chi connectivity index (χ4n) is 2.99. The first kappa shape index (κ1) is 12.9. The predicted molar refractivity (Wildman–Crippen MR) is 81.9 cm³/mol. The third-order valence-electron chi connectivity index (χ3n) is 4.24. The molecule has 6 nitrogen and oxygen atoms in total. The molecule has 1 aliphatic heterocycles. The molecule has 4 heterocycles. The van der Waals surface area contributed by atoms with Gasteiger partial charge in [0.25, 0.3) is 0 Å². The molecule has 1 unspecified atom stereocenters. The van der Waals surface area contributed by atoms with Crippen LogP contribution in [0.3, 0.4) is 0 Å². The highest BCUT2D eigenvalue weighted by Gasteiger charge is 2.37. The van der Waals surface area contributed by atoms with Crippen molar-refractivity contribution in [3.8, 4) is 17.3 Å². The van der Waals surface area contributed by atoms with Crippen molar-refractivity contribution < 1.29 is 0 Å². The molecule has 0 saturated carbocycles. The van der Waals surface area contributed by atoms with Crippen molar-refractivity contribution in [1.29, 1.82) is 5.26 Å². The van der Waals surface area contributed by atoms with Crippen molar-refractivity contribution in [3.63, 3.8) is 0 Å². The Bertz CT molecular complexity index is 869. The summed E-state index contributed by atoms with van der Waals surface area (Å²) in [6.45, 7) is 1.50. The van der Waals surface area contributed by atoms with E-state index < -0.39 is 5.41 Å². The number of nitriles is 1. The molecule has 3 aromatic heterocycles. The molecule has 0 aromatic carbocycles. The van der Waals surface area contributed by atoms with Crippen molar-refractivity contribution in [2.24, 2.45) is 0 Å². The second-order valence-electron chi connectivity index (χ2n) is 5.52. The van der Waals surface area contributed by atoms with Crippen LogP contribution in [0.15, 0.2) is 36.7 Å². The summed E-state index contributed by atoms with van der Waals surface area (Å²) in [5, 5.41) is 20.7. The summed E-state index contributed by atoms with van der Waals surface area (Å²) in [5.74, 6) is 0. The molecule has 1 aliphatic rings. The van der Waals surface area contributed by atoms with Crippen LogP contribution in [0.2, 0.25) is 0 Å². The Balaban J connectivity index is 1.86. The van der Waals surface area contributed by atoms with Crippen LogP contribution >= 0.6 is 0 Å². The lowest BCUT2D eigenvalue weighted by molar-refractivity contribution is 0.590. The lowest BCUT2D eigenvalue weighted by Crippen LogP contribution is -2.28. The van der Waals surface area contributed by atoms with Gasteiger partial charge in [-0.05, 0) is 31.2 Å². The quantitative estimate of drug-likeness (QED) is 0.750. The highest BCUT2D eigenvalue weighted by molar-refractivity contribution is 5.90. The first-order valence-corrected chi connectivity index (χ1v) is 7.20. The Morgan fingerprint density at radius 3 is 3.05 bits per heavy atom. The number of aromatic amines is 1. The Hall–Kier alpha value is -2.78. The van der Waals surface area contributed by atoms with E-state index in [4.69, 9.17) is 4.98 Å². The molecular weight excluding hydrogens is 276 g/mol. The molecule has 0 radical (unpaired) electrons. The summed E-state index contributed by atoms with van der Waals surface area (Å²) in [7, 11) is 0. The van der Waals surface area contributed by atoms with Gasteiger partial charge in [-0.1, -0.05) is 6.07 Å². The zero-order valence-corrected chi connectivity index (χ0v) is 11.9. The van der Waals surface area contributed by atoms with Gasteiger partial charge in [0.05, 0.1) is 23.7 Å². The van der Waals surface area contributed by atoms with Crippen LogP contribution in [0.25, 0.3) is 22.3 Å². The molecule has 3 aromatic rings. The van der Waals surface area contributed by atoms with Crippen molar-refractivity contribution in [2.45, 2.75) is 11.8 Å².